The van der Waals surface area contributed by atoms with E-state index in [1.54, 1.807) is 23.4 Å². The summed E-state index contributed by atoms with van der Waals surface area (Å²) in [5.74, 6) is 0.246. The summed E-state index contributed by atoms with van der Waals surface area (Å²) in [7, 11) is 0. The Balaban J connectivity index is 1.16. The molecule has 31 heavy (non-hydrogen) atoms. The molecule has 0 unspecified atom stereocenters. The van der Waals surface area contributed by atoms with Crippen molar-refractivity contribution >= 4 is 12.1 Å². The van der Waals surface area contributed by atoms with Crippen LogP contribution in [0.4, 0.5) is 4.79 Å². The monoisotopic (exact) mass is 424 g/mol. The van der Waals surface area contributed by atoms with Crippen molar-refractivity contribution in [3.8, 4) is 0 Å². The van der Waals surface area contributed by atoms with Gasteiger partial charge >= 0.3 is 12.1 Å². The van der Waals surface area contributed by atoms with Crippen LogP contribution in [0.15, 0.2) is 36.7 Å². The van der Waals surface area contributed by atoms with Crippen LogP contribution in [0.5, 0.6) is 0 Å². The maximum atomic E-state index is 12.5. The Kier molecular flexibility index (Phi) is 4.39. The van der Waals surface area contributed by atoms with Crippen LogP contribution in [0.2, 0.25) is 0 Å². The molecule has 3 aliphatic rings. The van der Waals surface area contributed by atoms with E-state index >= 15 is 0 Å². The van der Waals surface area contributed by atoms with E-state index in [0.717, 1.165) is 38.8 Å². The van der Waals surface area contributed by atoms with E-state index in [0.29, 0.717) is 11.4 Å². The lowest BCUT2D eigenvalue weighted by Gasteiger charge is -2.58. The van der Waals surface area contributed by atoms with Crippen LogP contribution in [0, 0.1) is 5.41 Å². The highest BCUT2D eigenvalue weighted by Gasteiger charge is 2.56. The number of benzene rings is 1. The van der Waals surface area contributed by atoms with Gasteiger partial charge in [-0.15, -0.1) is 0 Å². The Morgan fingerprint density at radius 3 is 2.39 bits per heavy atom. The largest absolute Gasteiger partial charge is 0.447 e. The summed E-state index contributed by atoms with van der Waals surface area (Å²) in [4.78, 5) is 30.9. The molecule has 1 amide bonds. The van der Waals surface area contributed by atoms with Gasteiger partial charge in [-0.2, -0.15) is 5.10 Å². The van der Waals surface area contributed by atoms with Crippen LogP contribution in [0.3, 0.4) is 0 Å². The second kappa shape index (κ2) is 6.80. The van der Waals surface area contributed by atoms with Crippen molar-refractivity contribution in [3.05, 3.63) is 48.0 Å². The number of hydrogen-bond donors (Lipinski definition) is 0. The molecule has 5 rings (SSSR count). The predicted molar refractivity (Wildman–Crippen MR) is 111 cm³/mol. The second-order valence-electron chi connectivity index (χ2n) is 10.2. The standard InChI is InChI=1S/C23H28N4O4/c1-21(2,3)31-20(29)26-13-22(14-26)11-17(12-22)27-15-24-19(25-27)23(9-10-23)30-18(28)16-7-5-4-6-8-16/h4-8,15,17H,9-14H2,1-3H3. The minimum Gasteiger partial charge on any atom is -0.447 e. The van der Waals surface area contributed by atoms with Gasteiger partial charge in [-0.1, -0.05) is 18.2 Å². The van der Waals surface area contributed by atoms with E-state index in [-0.39, 0.29) is 23.5 Å². The summed E-state index contributed by atoms with van der Waals surface area (Å²) in [5, 5.41) is 4.66. The highest BCUT2D eigenvalue weighted by atomic mass is 16.6. The Labute approximate surface area is 181 Å². The Hall–Kier alpha value is -2.90. The molecular formula is C23H28N4O4. The molecule has 8 heteroatoms. The summed E-state index contributed by atoms with van der Waals surface area (Å²) in [6.45, 7) is 7.11. The number of carbonyl (C=O) groups excluding carboxylic acids is 2. The van der Waals surface area contributed by atoms with Crippen molar-refractivity contribution in [3.63, 3.8) is 0 Å². The fraction of sp³-hybridized carbons (Fsp3) is 0.565. The summed E-state index contributed by atoms with van der Waals surface area (Å²) in [5.41, 5.74) is -0.454. The predicted octanol–water partition coefficient (Wildman–Crippen LogP) is 3.70. The first-order valence-electron chi connectivity index (χ1n) is 10.9. The number of carbonyl (C=O) groups is 2. The van der Waals surface area contributed by atoms with Gasteiger partial charge in [-0.3, -0.25) is 0 Å². The molecule has 0 bridgehead atoms. The zero-order valence-corrected chi connectivity index (χ0v) is 18.2. The van der Waals surface area contributed by atoms with Crippen LogP contribution in [0.1, 0.15) is 68.7 Å². The molecule has 0 atom stereocenters. The van der Waals surface area contributed by atoms with Crippen molar-refractivity contribution < 1.29 is 19.1 Å². The van der Waals surface area contributed by atoms with Gasteiger partial charge in [0, 0.05) is 18.5 Å². The van der Waals surface area contributed by atoms with Gasteiger partial charge in [0.15, 0.2) is 11.4 Å². The molecule has 1 aromatic carbocycles. The molecule has 1 aromatic heterocycles. The minimum atomic E-state index is -0.691. The van der Waals surface area contributed by atoms with Crippen LogP contribution in [-0.2, 0) is 15.1 Å². The number of amides is 1. The van der Waals surface area contributed by atoms with E-state index in [4.69, 9.17) is 9.47 Å². The van der Waals surface area contributed by atoms with E-state index in [2.05, 4.69) is 10.1 Å². The van der Waals surface area contributed by atoms with E-state index in [1.165, 1.54) is 0 Å². The lowest BCUT2D eigenvalue weighted by atomic mass is 9.61. The summed E-state index contributed by atoms with van der Waals surface area (Å²) < 4.78 is 13.1. The summed E-state index contributed by atoms with van der Waals surface area (Å²) >= 11 is 0. The van der Waals surface area contributed by atoms with Crippen LogP contribution < -0.4 is 0 Å². The summed E-state index contributed by atoms with van der Waals surface area (Å²) in [6.07, 6.45) is 4.93. The molecule has 2 aromatic rings. The first-order chi connectivity index (χ1) is 14.7. The normalized spacial score (nSPS) is 21.2. The van der Waals surface area contributed by atoms with Gasteiger partial charge in [0.05, 0.1) is 11.6 Å². The smallest absolute Gasteiger partial charge is 0.410 e. The number of aromatic nitrogens is 3. The number of rotatable bonds is 4. The molecule has 164 valence electrons. The van der Waals surface area contributed by atoms with Crippen molar-refractivity contribution in [1.82, 2.24) is 19.7 Å². The third kappa shape index (κ3) is 3.79. The third-order valence-electron chi connectivity index (χ3n) is 6.33. The van der Waals surface area contributed by atoms with Crippen LogP contribution >= 0.6 is 0 Å². The molecule has 1 spiro atoms. The van der Waals surface area contributed by atoms with Gasteiger partial charge < -0.3 is 14.4 Å². The average molecular weight is 425 g/mol. The number of likely N-dealkylation sites (tertiary alicyclic amines) is 1. The van der Waals surface area contributed by atoms with Gasteiger partial charge in [0.25, 0.3) is 0 Å². The number of esters is 1. The van der Waals surface area contributed by atoms with Gasteiger partial charge in [0.1, 0.15) is 11.9 Å². The second-order valence-corrected chi connectivity index (χ2v) is 10.2. The van der Waals surface area contributed by atoms with Gasteiger partial charge in [-0.05, 0) is 58.6 Å². The minimum absolute atomic E-state index is 0.171. The lowest BCUT2D eigenvalue weighted by Crippen LogP contribution is -2.64. The van der Waals surface area contributed by atoms with Crippen LogP contribution in [0.25, 0.3) is 0 Å². The highest BCUT2D eigenvalue weighted by Crippen LogP contribution is 2.54. The molecule has 0 radical (unpaired) electrons. The Bertz CT molecular complexity index is 992. The zero-order valence-electron chi connectivity index (χ0n) is 18.2. The Morgan fingerprint density at radius 2 is 1.77 bits per heavy atom. The van der Waals surface area contributed by atoms with Crippen LogP contribution in [-0.4, -0.2) is 50.4 Å². The fourth-order valence-electron chi connectivity index (χ4n) is 4.56. The molecule has 1 aliphatic heterocycles. The van der Waals surface area contributed by atoms with Crippen molar-refractivity contribution in [2.45, 2.75) is 63.7 Å². The molecule has 1 saturated heterocycles. The maximum absolute atomic E-state index is 12.5. The number of ether oxygens (including phenoxy) is 2. The topological polar surface area (TPSA) is 86.5 Å². The number of hydrogen-bond acceptors (Lipinski definition) is 6. The van der Waals surface area contributed by atoms with Crippen molar-refractivity contribution in [2.24, 2.45) is 5.41 Å². The van der Waals surface area contributed by atoms with Gasteiger partial charge in [-0.25, -0.2) is 19.3 Å². The fourth-order valence-corrected chi connectivity index (χ4v) is 4.56. The Morgan fingerprint density at radius 1 is 1.10 bits per heavy atom. The molecule has 3 fully saturated rings. The SMILES string of the molecule is CC(C)(C)OC(=O)N1CC2(CC(n3cnc(C4(OC(=O)c5ccccc5)CC4)n3)C2)C1. The molecule has 0 N–H and O–H groups in total. The molecule has 2 heterocycles. The van der Waals surface area contributed by atoms with Gasteiger partial charge in [0.2, 0.25) is 0 Å². The van der Waals surface area contributed by atoms with Crippen molar-refractivity contribution in [2.75, 3.05) is 13.1 Å². The maximum Gasteiger partial charge on any atom is 0.410 e. The lowest BCUT2D eigenvalue weighted by molar-refractivity contribution is -0.0930. The quantitative estimate of drug-likeness (QED) is 0.696. The van der Waals surface area contributed by atoms with E-state index in [9.17, 15) is 9.59 Å². The highest BCUT2D eigenvalue weighted by molar-refractivity contribution is 5.89. The molecule has 2 saturated carbocycles. The first-order valence-corrected chi connectivity index (χ1v) is 10.9. The third-order valence-corrected chi connectivity index (χ3v) is 6.33. The van der Waals surface area contributed by atoms with E-state index < -0.39 is 11.2 Å². The first kappa shape index (κ1) is 20.0. The van der Waals surface area contributed by atoms with Crippen molar-refractivity contribution in [1.29, 1.82) is 0 Å². The van der Waals surface area contributed by atoms with E-state index in [1.807, 2.05) is 43.7 Å². The molecule has 8 nitrogen and oxygen atoms in total. The number of nitrogens with zero attached hydrogens (tertiary/aromatic N) is 4. The molecular weight excluding hydrogens is 396 g/mol. The zero-order chi connectivity index (χ0) is 21.9. The summed E-state index contributed by atoms with van der Waals surface area (Å²) in [6, 6.07) is 9.27. The molecule has 2 aliphatic carbocycles. The average Bonchev–Trinajstić information content (AvgIpc) is 3.25.